The molecule has 23 heavy (non-hydrogen) atoms. The minimum Gasteiger partial charge on any atom is -0.344 e. The number of rotatable bonds is 6. The molecular weight excluding hydrogens is 312 g/mol. The van der Waals surface area contributed by atoms with Crippen LogP contribution in [0.25, 0.3) is 0 Å². The molecular formula is C16H18N4O2S. The molecule has 0 radical (unpaired) electrons. The first kappa shape index (κ1) is 14.6. The van der Waals surface area contributed by atoms with Crippen molar-refractivity contribution < 1.29 is 9.59 Å². The molecule has 2 aromatic rings. The summed E-state index contributed by atoms with van der Waals surface area (Å²) in [5.41, 5.74) is 0.581. The van der Waals surface area contributed by atoms with Crippen LogP contribution in [0.15, 0.2) is 11.4 Å². The van der Waals surface area contributed by atoms with Crippen LogP contribution in [0, 0.1) is 0 Å². The van der Waals surface area contributed by atoms with Gasteiger partial charge in [-0.15, -0.1) is 21.5 Å². The molecule has 2 aliphatic carbocycles. The maximum Gasteiger partial charge on any atom is 0.261 e. The molecule has 1 amide bonds. The zero-order chi connectivity index (χ0) is 16.0. The number of carbonyl (C=O) groups excluding carboxylic acids is 2. The first-order chi connectivity index (χ1) is 11.1. The largest absolute Gasteiger partial charge is 0.344 e. The summed E-state index contributed by atoms with van der Waals surface area (Å²) in [6, 6.07) is 2.15. The molecule has 0 aliphatic heterocycles. The Bertz CT molecular complexity index is 771. The van der Waals surface area contributed by atoms with E-state index < -0.39 is 0 Å². The molecule has 0 spiro atoms. The molecule has 4 rings (SSSR count). The van der Waals surface area contributed by atoms with E-state index in [0.717, 1.165) is 11.6 Å². The molecule has 6 nitrogen and oxygen atoms in total. The predicted octanol–water partition coefficient (Wildman–Crippen LogP) is 2.68. The number of hydrogen-bond acceptors (Lipinski definition) is 5. The highest BCUT2D eigenvalue weighted by Crippen LogP contribution is 2.44. The van der Waals surface area contributed by atoms with Gasteiger partial charge in [-0.25, -0.2) is 0 Å². The lowest BCUT2D eigenvalue weighted by atomic mass is 10.2. The fourth-order valence-electron chi connectivity index (χ4n) is 2.69. The van der Waals surface area contributed by atoms with Gasteiger partial charge in [0.05, 0.1) is 11.4 Å². The molecule has 0 unspecified atom stereocenters. The highest BCUT2D eigenvalue weighted by atomic mass is 32.1. The summed E-state index contributed by atoms with van der Waals surface area (Å²) in [5, 5.41) is 13.2. The summed E-state index contributed by atoms with van der Waals surface area (Å²) in [6.45, 7) is 1.88. The molecule has 0 saturated heterocycles. The number of nitrogens with one attached hydrogen (secondary N) is 1. The molecule has 2 aliphatic rings. The summed E-state index contributed by atoms with van der Waals surface area (Å²) in [5.74, 6) is 2.30. The van der Waals surface area contributed by atoms with Gasteiger partial charge in [0.1, 0.15) is 5.82 Å². The smallest absolute Gasteiger partial charge is 0.261 e. The van der Waals surface area contributed by atoms with Gasteiger partial charge in [0, 0.05) is 22.9 Å². The van der Waals surface area contributed by atoms with E-state index in [1.165, 1.54) is 43.9 Å². The van der Waals surface area contributed by atoms with E-state index in [1.807, 2.05) is 0 Å². The van der Waals surface area contributed by atoms with E-state index in [4.69, 9.17) is 0 Å². The van der Waals surface area contributed by atoms with Gasteiger partial charge in [-0.05, 0) is 38.7 Å². The maximum atomic E-state index is 12.2. The molecule has 0 bridgehead atoms. The van der Waals surface area contributed by atoms with E-state index in [0.29, 0.717) is 28.9 Å². The number of aromatic nitrogens is 3. The van der Waals surface area contributed by atoms with Crippen LogP contribution in [0.5, 0.6) is 0 Å². The average molecular weight is 330 g/mol. The van der Waals surface area contributed by atoms with Crippen LogP contribution in [0.4, 0.5) is 0 Å². The van der Waals surface area contributed by atoms with Gasteiger partial charge in [0.25, 0.3) is 5.91 Å². The van der Waals surface area contributed by atoms with Crippen molar-refractivity contribution in [3.8, 4) is 0 Å². The molecule has 2 aromatic heterocycles. The number of carbonyl (C=O) groups is 2. The first-order valence-electron chi connectivity index (χ1n) is 7.95. The van der Waals surface area contributed by atoms with Crippen LogP contribution in [-0.2, 0) is 6.54 Å². The van der Waals surface area contributed by atoms with Crippen molar-refractivity contribution in [2.75, 3.05) is 0 Å². The van der Waals surface area contributed by atoms with Crippen molar-refractivity contribution in [2.24, 2.45) is 0 Å². The summed E-state index contributed by atoms with van der Waals surface area (Å²) < 4.78 is 2.23. The monoisotopic (exact) mass is 330 g/mol. The lowest BCUT2D eigenvalue weighted by Gasteiger charge is -2.09. The van der Waals surface area contributed by atoms with Crippen LogP contribution < -0.4 is 5.32 Å². The van der Waals surface area contributed by atoms with Crippen molar-refractivity contribution in [1.82, 2.24) is 20.1 Å². The molecule has 2 fully saturated rings. The van der Waals surface area contributed by atoms with E-state index >= 15 is 0 Å². The van der Waals surface area contributed by atoms with Gasteiger partial charge < -0.3 is 9.88 Å². The topological polar surface area (TPSA) is 76.9 Å². The van der Waals surface area contributed by atoms with Gasteiger partial charge in [-0.2, -0.15) is 0 Å². The van der Waals surface area contributed by atoms with Crippen LogP contribution in [0.1, 0.15) is 76.2 Å². The Morgan fingerprint density at radius 2 is 2.09 bits per heavy atom. The molecule has 2 heterocycles. The SMILES string of the molecule is CC(=O)c1csc(C(=O)NCc2nnc(C3CC3)n2C2CC2)c1. The Morgan fingerprint density at radius 1 is 1.30 bits per heavy atom. The summed E-state index contributed by atoms with van der Waals surface area (Å²) in [4.78, 5) is 24.1. The van der Waals surface area contributed by atoms with E-state index in [1.54, 1.807) is 11.4 Å². The van der Waals surface area contributed by atoms with Gasteiger partial charge in [-0.3, -0.25) is 9.59 Å². The molecule has 2 saturated carbocycles. The average Bonchev–Trinajstić information content (AvgIpc) is 3.46. The minimum absolute atomic E-state index is 0.0251. The number of ketones is 1. The standard InChI is InChI=1S/C16H18N4O2S/c1-9(21)11-6-13(23-8-11)16(22)17-7-14-18-19-15(10-2-3-10)20(14)12-4-5-12/h6,8,10,12H,2-5,7H2,1H3,(H,17,22). The molecule has 0 aromatic carbocycles. The fourth-order valence-corrected chi connectivity index (χ4v) is 3.56. The number of nitrogens with zero attached hydrogens (tertiary/aromatic N) is 3. The van der Waals surface area contributed by atoms with Crippen molar-refractivity contribution in [3.05, 3.63) is 33.5 Å². The normalized spacial score (nSPS) is 17.3. The Kier molecular flexibility index (Phi) is 3.52. The summed E-state index contributed by atoms with van der Waals surface area (Å²) in [7, 11) is 0. The van der Waals surface area contributed by atoms with Crippen molar-refractivity contribution >= 4 is 23.0 Å². The number of Topliss-reactive ketones (excluding diaryl/α,β-unsaturated/α-hetero) is 1. The highest BCUT2D eigenvalue weighted by Gasteiger charge is 2.36. The zero-order valence-electron chi connectivity index (χ0n) is 12.9. The Balaban J connectivity index is 1.46. The van der Waals surface area contributed by atoms with Gasteiger partial charge in [0.2, 0.25) is 0 Å². The number of thiophene rings is 1. The van der Waals surface area contributed by atoms with Crippen molar-refractivity contribution in [2.45, 2.75) is 51.1 Å². The van der Waals surface area contributed by atoms with E-state index in [2.05, 4.69) is 20.1 Å². The third kappa shape index (κ3) is 2.93. The second kappa shape index (κ2) is 5.56. The third-order valence-corrected chi connectivity index (χ3v) is 5.21. The van der Waals surface area contributed by atoms with Crippen LogP contribution in [-0.4, -0.2) is 26.5 Å². The van der Waals surface area contributed by atoms with Gasteiger partial charge in [-0.1, -0.05) is 0 Å². The Labute approximate surface area is 137 Å². The molecule has 1 N–H and O–H groups in total. The quantitative estimate of drug-likeness (QED) is 0.826. The third-order valence-electron chi connectivity index (χ3n) is 4.28. The molecule has 7 heteroatoms. The van der Waals surface area contributed by atoms with Crippen LogP contribution in [0.3, 0.4) is 0 Å². The van der Waals surface area contributed by atoms with E-state index in [-0.39, 0.29) is 11.7 Å². The summed E-state index contributed by atoms with van der Waals surface area (Å²) >= 11 is 1.29. The predicted molar refractivity (Wildman–Crippen MR) is 85.8 cm³/mol. The Morgan fingerprint density at radius 3 is 2.70 bits per heavy atom. The second-order valence-corrected chi connectivity index (χ2v) is 7.20. The number of amides is 1. The number of hydrogen-bond donors (Lipinski definition) is 1. The van der Waals surface area contributed by atoms with Gasteiger partial charge >= 0.3 is 0 Å². The lowest BCUT2D eigenvalue weighted by molar-refractivity contribution is 0.0953. The van der Waals surface area contributed by atoms with Gasteiger partial charge in [0.15, 0.2) is 11.6 Å². The first-order valence-corrected chi connectivity index (χ1v) is 8.83. The fraction of sp³-hybridized carbons (Fsp3) is 0.500. The molecule has 120 valence electrons. The second-order valence-electron chi connectivity index (χ2n) is 6.29. The maximum absolute atomic E-state index is 12.2. The highest BCUT2D eigenvalue weighted by molar-refractivity contribution is 7.12. The van der Waals surface area contributed by atoms with Crippen molar-refractivity contribution in [1.29, 1.82) is 0 Å². The van der Waals surface area contributed by atoms with Crippen LogP contribution in [0.2, 0.25) is 0 Å². The van der Waals surface area contributed by atoms with Crippen molar-refractivity contribution in [3.63, 3.8) is 0 Å². The van der Waals surface area contributed by atoms with Crippen LogP contribution >= 0.6 is 11.3 Å². The Hall–Kier alpha value is -2.02. The summed E-state index contributed by atoms with van der Waals surface area (Å²) in [6.07, 6.45) is 4.73. The minimum atomic E-state index is -0.166. The zero-order valence-corrected chi connectivity index (χ0v) is 13.7. The van der Waals surface area contributed by atoms with E-state index in [9.17, 15) is 9.59 Å². The molecule has 0 atom stereocenters. The lowest BCUT2D eigenvalue weighted by Crippen LogP contribution is -2.24.